The van der Waals surface area contributed by atoms with Crippen LogP contribution < -0.4 is 0 Å². The SMILES string of the molecule is C=C/C=C(\C=C/C)c1ccc(C)c(-c2cc(-c3cccc4c3-c3ccccc3C4(C)C)ccc2C)c1. The Kier molecular flexibility index (Phi) is 6.14. The molecule has 0 heterocycles. The highest BCUT2D eigenvalue weighted by molar-refractivity contribution is 5.93. The number of rotatable bonds is 5. The van der Waals surface area contributed by atoms with E-state index in [0.717, 1.165) is 0 Å². The Bertz CT molecular complexity index is 1540. The van der Waals surface area contributed by atoms with E-state index < -0.39 is 0 Å². The Balaban J connectivity index is 1.70. The maximum absolute atomic E-state index is 3.91. The Morgan fingerprint density at radius 1 is 0.722 bits per heavy atom. The largest absolute Gasteiger partial charge is 0.0990 e. The number of hydrogen-bond acceptors (Lipinski definition) is 0. The zero-order chi connectivity index (χ0) is 25.4. The minimum Gasteiger partial charge on any atom is -0.0990 e. The lowest BCUT2D eigenvalue weighted by atomic mass is 9.82. The van der Waals surface area contributed by atoms with Gasteiger partial charge in [0, 0.05) is 5.41 Å². The quantitative estimate of drug-likeness (QED) is 0.257. The standard InChI is InChI=1S/C36H34/c1-7-12-26(13-8-2)27-20-18-24(3)31(22-27)32-23-28(21-19-25(32)4)29-15-11-17-34-35(29)30-14-9-10-16-33(30)36(34,5)6/h7-23H,1H2,2-6H3/b13-8-,26-12+. The van der Waals surface area contributed by atoms with Crippen molar-refractivity contribution in [2.45, 2.75) is 40.0 Å². The molecule has 1 aliphatic rings. The van der Waals surface area contributed by atoms with Crippen molar-refractivity contribution in [1.29, 1.82) is 0 Å². The molecule has 0 aliphatic heterocycles. The van der Waals surface area contributed by atoms with Crippen LogP contribution in [-0.2, 0) is 5.41 Å². The summed E-state index contributed by atoms with van der Waals surface area (Å²) in [6.07, 6.45) is 8.15. The van der Waals surface area contributed by atoms with E-state index in [0.29, 0.717) is 0 Å². The van der Waals surface area contributed by atoms with Gasteiger partial charge in [-0.05, 0) is 99.7 Å². The molecule has 0 saturated heterocycles. The predicted octanol–water partition coefficient (Wildman–Crippen LogP) is 10.1. The smallest absolute Gasteiger partial charge is 0.0159 e. The van der Waals surface area contributed by atoms with Gasteiger partial charge in [0.2, 0.25) is 0 Å². The normalized spacial score (nSPS) is 14.1. The van der Waals surface area contributed by atoms with Crippen molar-refractivity contribution in [3.63, 3.8) is 0 Å². The molecule has 0 radical (unpaired) electrons. The summed E-state index contributed by atoms with van der Waals surface area (Å²) in [5, 5.41) is 0. The molecule has 0 unspecified atom stereocenters. The first-order valence-corrected chi connectivity index (χ1v) is 12.8. The molecule has 0 saturated carbocycles. The molecule has 36 heavy (non-hydrogen) atoms. The van der Waals surface area contributed by atoms with E-state index in [-0.39, 0.29) is 5.41 Å². The second-order valence-corrected chi connectivity index (χ2v) is 10.3. The zero-order valence-electron chi connectivity index (χ0n) is 22.0. The van der Waals surface area contributed by atoms with Gasteiger partial charge in [-0.2, -0.15) is 0 Å². The maximum atomic E-state index is 3.91. The summed E-state index contributed by atoms with van der Waals surface area (Å²) in [5.74, 6) is 0. The summed E-state index contributed by atoms with van der Waals surface area (Å²) in [5.41, 5.74) is 15.6. The summed E-state index contributed by atoms with van der Waals surface area (Å²) < 4.78 is 0. The molecule has 4 aromatic rings. The van der Waals surface area contributed by atoms with Gasteiger partial charge in [-0.3, -0.25) is 0 Å². The van der Waals surface area contributed by atoms with E-state index in [2.05, 4.69) is 138 Å². The summed E-state index contributed by atoms with van der Waals surface area (Å²) in [7, 11) is 0. The van der Waals surface area contributed by atoms with Gasteiger partial charge in [-0.25, -0.2) is 0 Å². The lowest BCUT2D eigenvalue weighted by Gasteiger charge is -2.21. The highest BCUT2D eigenvalue weighted by Gasteiger charge is 2.36. The van der Waals surface area contributed by atoms with E-state index in [1.54, 1.807) is 0 Å². The first kappa shape index (κ1) is 23.8. The molecule has 0 spiro atoms. The fourth-order valence-corrected chi connectivity index (χ4v) is 5.72. The molecule has 5 rings (SSSR count). The van der Waals surface area contributed by atoms with Gasteiger partial charge < -0.3 is 0 Å². The van der Waals surface area contributed by atoms with Crippen LogP contribution in [0.5, 0.6) is 0 Å². The maximum Gasteiger partial charge on any atom is 0.0159 e. The van der Waals surface area contributed by atoms with Crippen molar-refractivity contribution < 1.29 is 0 Å². The van der Waals surface area contributed by atoms with Crippen LogP contribution in [0.15, 0.2) is 110 Å². The second kappa shape index (κ2) is 9.28. The van der Waals surface area contributed by atoms with E-state index >= 15 is 0 Å². The molecule has 178 valence electrons. The van der Waals surface area contributed by atoms with E-state index in [9.17, 15) is 0 Å². The molecule has 0 aromatic heterocycles. The van der Waals surface area contributed by atoms with Crippen LogP contribution in [0.3, 0.4) is 0 Å². The molecule has 0 heteroatoms. The van der Waals surface area contributed by atoms with E-state index in [4.69, 9.17) is 0 Å². The lowest BCUT2D eigenvalue weighted by molar-refractivity contribution is 0.660. The third-order valence-electron chi connectivity index (χ3n) is 7.66. The van der Waals surface area contributed by atoms with E-state index in [1.165, 1.54) is 66.8 Å². The number of fused-ring (bicyclic) bond motifs is 3. The van der Waals surface area contributed by atoms with Crippen molar-refractivity contribution in [3.05, 3.63) is 138 Å². The number of allylic oxidation sites excluding steroid dienone is 5. The van der Waals surface area contributed by atoms with Crippen LogP contribution >= 0.6 is 0 Å². The van der Waals surface area contributed by atoms with Gasteiger partial charge in [0.1, 0.15) is 0 Å². The monoisotopic (exact) mass is 466 g/mol. The molecule has 1 aliphatic carbocycles. The molecule has 0 amide bonds. The average Bonchev–Trinajstić information content (AvgIpc) is 3.12. The summed E-state index contributed by atoms with van der Waals surface area (Å²) in [6.45, 7) is 15.1. The van der Waals surface area contributed by atoms with Crippen LogP contribution in [0.25, 0.3) is 39.0 Å². The Morgan fingerprint density at radius 2 is 1.39 bits per heavy atom. The van der Waals surface area contributed by atoms with Crippen LogP contribution in [0.1, 0.15) is 48.6 Å². The molecule has 0 bridgehead atoms. The molecule has 0 nitrogen and oxygen atoms in total. The first-order valence-electron chi connectivity index (χ1n) is 12.8. The molecular weight excluding hydrogens is 432 g/mol. The number of hydrogen-bond donors (Lipinski definition) is 0. The summed E-state index contributed by atoms with van der Waals surface area (Å²) in [4.78, 5) is 0. The van der Waals surface area contributed by atoms with Crippen LogP contribution in [0.2, 0.25) is 0 Å². The Morgan fingerprint density at radius 3 is 2.14 bits per heavy atom. The number of benzene rings is 4. The minimum absolute atomic E-state index is 0.00106. The lowest BCUT2D eigenvalue weighted by Crippen LogP contribution is -2.14. The van der Waals surface area contributed by atoms with Gasteiger partial charge >= 0.3 is 0 Å². The Labute approximate surface area is 216 Å². The molecule has 0 fully saturated rings. The van der Waals surface area contributed by atoms with Crippen molar-refractivity contribution >= 4 is 5.57 Å². The van der Waals surface area contributed by atoms with Gasteiger partial charge in [-0.15, -0.1) is 0 Å². The highest BCUT2D eigenvalue weighted by atomic mass is 14.4. The van der Waals surface area contributed by atoms with Gasteiger partial charge in [0.25, 0.3) is 0 Å². The molecule has 0 atom stereocenters. The van der Waals surface area contributed by atoms with E-state index in [1.807, 2.05) is 6.08 Å². The third kappa shape index (κ3) is 3.88. The molecule has 0 N–H and O–H groups in total. The van der Waals surface area contributed by atoms with Gasteiger partial charge in [-0.1, -0.05) is 111 Å². The van der Waals surface area contributed by atoms with Gasteiger partial charge in [0.05, 0.1) is 0 Å². The van der Waals surface area contributed by atoms with Crippen molar-refractivity contribution in [2.24, 2.45) is 0 Å². The zero-order valence-corrected chi connectivity index (χ0v) is 22.0. The fourth-order valence-electron chi connectivity index (χ4n) is 5.72. The second-order valence-electron chi connectivity index (χ2n) is 10.3. The van der Waals surface area contributed by atoms with Crippen molar-refractivity contribution in [2.75, 3.05) is 0 Å². The van der Waals surface area contributed by atoms with Crippen LogP contribution in [0.4, 0.5) is 0 Å². The van der Waals surface area contributed by atoms with Crippen molar-refractivity contribution in [3.8, 4) is 33.4 Å². The Hall–Kier alpha value is -3.90. The molecule has 4 aromatic carbocycles. The highest BCUT2D eigenvalue weighted by Crippen LogP contribution is 2.52. The topological polar surface area (TPSA) is 0 Å². The summed E-state index contributed by atoms with van der Waals surface area (Å²) in [6, 6.07) is 29.4. The van der Waals surface area contributed by atoms with Gasteiger partial charge in [0.15, 0.2) is 0 Å². The van der Waals surface area contributed by atoms with Crippen molar-refractivity contribution in [1.82, 2.24) is 0 Å². The minimum atomic E-state index is 0.00106. The third-order valence-corrected chi connectivity index (χ3v) is 7.66. The average molecular weight is 467 g/mol. The summed E-state index contributed by atoms with van der Waals surface area (Å²) >= 11 is 0. The fraction of sp³-hybridized carbons (Fsp3) is 0.167. The predicted molar refractivity (Wildman–Crippen MR) is 157 cm³/mol. The molecular formula is C36H34. The van der Waals surface area contributed by atoms with Crippen LogP contribution in [0, 0.1) is 13.8 Å². The first-order chi connectivity index (χ1) is 17.4. The van der Waals surface area contributed by atoms with Crippen LogP contribution in [-0.4, -0.2) is 0 Å². The number of aryl methyl sites for hydroxylation is 2.